The van der Waals surface area contributed by atoms with Gasteiger partial charge in [0, 0.05) is 33.2 Å². The van der Waals surface area contributed by atoms with Gasteiger partial charge in [-0.15, -0.1) is 0 Å². The monoisotopic (exact) mass is 227 g/mol. The molecule has 0 aliphatic carbocycles. The number of ether oxygens (including phenoxy) is 2. The summed E-state index contributed by atoms with van der Waals surface area (Å²) in [5.74, 6) is 1.02. The second-order valence-electron chi connectivity index (χ2n) is 4.06. The minimum atomic E-state index is -0.477. The van der Waals surface area contributed by atoms with Crippen LogP contribution in [0.15, 0.2) is 4.52 Å². The largest absolute Gasteiger partial charge is 0.381 e. The van der Waals surface area contributed by atoms with E-state index in [1.165, 1.54) is 0 Å². The molecule has 0 aromatic carbocycles. The number of methoxy groups -OCH3 is 1. The van der Waals surface area contributed by atoms with E-state index >= 15 is 0 Å². The second kappa shape index (κ2) is 4.48. The molecule has 1 aliphatic rings. The molecule has 0 spiro atoms. The molecular weight excluding hydrogens is 210 g/mol. The maximum absolute atomic E-state index is 5.68. The Morgan fingerprint density at radius 1 is 1.44 bits per heavy atom. The summed E-state index contributed by atoms with van der Waals surface area (Å²) < 4.78 is 16.0. The molecule has 90 valence electrons. The van der Waals surface area contributed by atoms with Crippen LogP contribution in [0.2, 0.25) is 0 Å². The predicted molar refractivity (Wildman–Crippen MR) is 55.6 cm³/mol. The van der Waals surface area contributed by atoms with Crippen molar-refractivity contribution in [2.24, 2.45) is 5.73 Å². The van der Waals surface area contributed by atoms with Gasteiger partial charge in [0.15, 0.2) is 0 Å². The zero-order valence-corrected chi connectivity index (χ0v) is 9.60. The van der Waals surface area contributed by atoms with Gasteiger partial charge in [0.1, 0.15) is 5.60 Å². The topological polar surface area (TPSA) is 83.4 Å². The van der Waals surface area contributed by atoms with Crippen LogP contribution >= 0.6 is 0 Å². The fourth-order valence-corrected chi connectivity index (χ4v) is 1.83. The molecule has 1 aliphatic heterocycles. The van der Waals surface area contributed by atoms with Crippen molar-refractivity contribution in [1.29, 1.82) is 0 Å². The van der Waals surface area contributed by atoms with E-state index in [1.807, 2.05) is 0 Å². The van der Waals surface area contributed by atoms with Gasteiger partial charge >= 0.3 is 0 Å². The maximum Gasteiger partial charge on any atom is 0.243 e. The fraction of sp³-hybridized carbons (Fsp3) is 0.800. The molecule has 1 unspecified atom stereocenters. The molecule has 1 aromatic heterocycles. The average Bonchev–Trinajstić information content (AvgIpc) is 2.80. The van der Waals surface area contributed by atoms with Crippen LogP contribution in [0.4, 0.5) is 0 Å². The molecule has 2 N–H and O–H groups in total. The van der Waals surface area contributed by atoms with Gasteiger partial charge in [-0.2, -0.15) is 4.98 Å². The standard InChI is InChI=1S/C10H17N3O3/c1-7(11)8-12-9(13-16-8)10(14-2)3-5-15-6-4-10/h7H,3-6,11H2,1-2H3. The predicted octanol–water partition coefficient (Wildman–Crippen LogP) is 0.741. The van der Waals surface area contributed by atoms with E-state index in [-0.39, 0.29) is 6.04 Å². The zero-order valence-electron chi connectivity index (χ0n) is 9.60. The van der Waals surface area contributed by atoms with Gasteiger partial charge in [-0.3, -0.25) is 0 Å². The van der Waals surface area contributed by atoms with Gasteiger partial charge in [-0.25, -0.2) is 0 Å². The first-order valence-corrected chi connectivity index (χ1v) is 5.40. The normalized spacial score (nSPS) is 21.9. The zero-order chi connectivity index (χ0) is 11.6. The van der Waals surface area contributed by atoms with Crippen molar-refractivity contribution in [3.63, 3.8) is 0 Å². The van der Waals surface area contributed by atoms with Crippen LogP contribution in [0, 0.1) is 0 Å². The first kappa shape index (κ1) is 11.5. The van der Waals surface area contributed by atoms with E-state index in [9.17, 15) is 0 Å². The summed E-state index contributed by atoms with van der Waals surface area (Å²) in [6.45, 7) is 3.10. The van der Waals surface area contributed by atoms with E-state index < -0.39 is 5.60 Å². The quantitative estimate of drug-likeness (QED) is 0.820. The average molecular weight is 227 g/mol. The highest BCUT2D eigenvalue weighted by Gasteiger charge is 2.39. The minimum absolute atomic E-state index is 0.255. The van der Waals surface area contributed by atoms with E-state index in [0.29, 0.717) is 24.9 Å². The summed E-state index contributed by atoms with van der Waals surface area (Å²) in [4.78, 5) is 4.29. The Bertz CT molecular complexity index is 345. The smallest absolute Gasteiger partial charge is 0.243 e. The number of aromatic nitrogens is 2. The number of nitrogens with two attached hydrogens (primary N) is 1. The second-order valence-corrected chi connectivity index (χ2v) is 4.06. The Morgan fingerprint density at radius 2 is 2.12 bits per heavy atom. The molecule has 2 heterocycles. The lowest BCUT2D eigenvalue weighted by atomic mass is 9.93. The third kappa shape index (κ3) is 1.95. The molecular formula is C10H17N3O3. The molecule has 0 bridgehead atoms. The summed E-state index contributed by atoms with van der Waals surface area (Å²) in [6.07, 6.45) is 1.48. The van der Waals surface area contributed by atoms with Crippen LogP contribution < -0.4 is 5.73 Å². The molecule has 0 amide bonds. The summed E-state index contributed by atoms with van der Waals surface area (Å²) >= 11 is 0. The minimum Gasteiger partial charge on any atom is -0.381 e. The summed E-state index contributed by atoms with van der Waals surface area (Å²) in [6, 6.07) is -0.255. The number of rotatable bonds is 3. The van der Waals surface area contributed by atoms with Gasteiger partial charge < -0.3 is 19.7 Å². The number of hydrogen-bond donors (Lipinski definition) is 1. The lowest BCUT2D eigenvalue weighted by Crippen LogP contribution is -2.36. The third-order valence-electron chi connectivity index (χ3n) is 2.93. The summed E-state index contributed by atoms with van der Waals surface area (Å²) in [5.41, 5.74) is 5.20. The molecule has 1 atom stereocenters. The number of hydrogen-bond acceptors (Lipinski definition) is 6. The molecule has 2 rings (SSSR count). The van der Waals surface area contributed by atoms with Crippen molar-refractivity contribution in [3.8, 4) is 0 Å². The molecule has 1 fully saturated rings. The van der Waals surface area contributed by atoms with Crippen LogP contribution in [0.25, 0.3) is 0 Å². The molecule has 6 heteroatoms. The van der Waals surface area contributed by atoms with Crippen molar-refractivity contribution in [3.05, 3.63) is 11.7 Å². The van der Waals surface area contributed by atoms with Crippen LogP contribution in [0.3, 0.4) is 0 Å². The number of nitrogens with zero attached hydrogens (tertiary/aromatic N) is 2. The first-order chi connectivity index (χ1) is 7.68. The maximum atomic E-state index is 5.68. The molecule has 1 aromatic rings. The van der Waals surface area contributed by atoms with Crippen LogP contribution in [-0.2, 0) is 15.1 Å². The SMILES string of the molecule is COC1(c2noc(C(C)N)n2)CCOCC1. The summed E-state index contributed by atoms with van der Waals surface area (Å²) in [7, 11) is 1.66. The van der Waals surface area contributed by atoms with Gasteiger partial charge in [0.25, 0.3) is 0 Å². The van der Waals surface area contributed by atoms with Crippen molar-refractivity contribution < 1.29 is 14.0 Å². The van der Waals surface area contributed by atoms with Crippen molar-refractivity contribution >= 4 is 0 Å². The Hall–Kier alpha value is -0.980. The Balaban J connectivity index is 2.25. The first-order valence-electron chi connectivity index (χ1n) is 5.40. The van der Waals surface area contributed by atoms with Gasteiger partial charge in [0.2, 0.25) is 11.7 Å². The third-order valence-corrected chi connectivity index (χ3v) is 2.93. The highest BCUT2D eigenvalue weighted by atomic mass is 16.5. The molecule has 0 radical (unpaired) electrons. The Labute approximate surface area is 94.1 Å². The molecule has 0 saturated carbocycles. The van der Waals surface area contributed by atoms with Crippen molar-refractivity contribution in [2.75, 3.05) is 20.3 Å². The lowest BCUT2D eigenvalue weighted by Gasteiger charge is -2.32. The Morgan fingerprint density at radius 3 is 2.62 bits per heavy atom. The van der Waals surface area contributed by atoms with Gasteiger partial charge in [-0.1, -0.05) is 5.16 Å². The van der Waals surface area contributed by atoms with Crippen LogP contribution in [0.5, 0.6) is 0 Å². The van der Waals surface area contributed by atoms with Gasteiger partial charge in [-0.05, 0) is 6.92 Å². The van der Waals surface area contributed by atoms with Crippen LogP contribution in [0.1, 0.15) is 37.5 Å². The molecule has 16 heavy (non-hydrogen) atoms. The fourth-order valence-electron chi connectivity index (χ4n) is 1.83. The van der Waals surface area contributed by atoms with Crippen LogP contribution in [-0.4, -0.2) is 30.5 Å². The summed E-state index contributed by atoms with van der Waals surface area (Å²) in [5, 5.41) is 3.96. The van der Waals surface area contributed by atoms with E-state index in [4.69, 9.17) is 19.7 Å². The highest BCUT2D eigenvalue weighted by molar-refractivity contribution is 5.04. The molecule has 1 saturated heterocycles. The van der Waals surface area contributed by atoms with E-state index in [1.54, 1.807) is 14.0 Å². The molecule has 6 nitrogen and oxygen atoms in total. The highest BCUT2D eigenvalue weighted by Crippen LogP contribution is 2.33. The van der Waals surface area contributed by atoms with Gasteiger partial charge in [0.05, 0.1) is 6.04 Å². The van der Waals surface area contributed by atoms with E-state index in [2.05, 4.69) is 10.1 Å². The lowest BCUT2D eigenvalue weighted by molar-refractivity contribution is -0.101. The van der Waals surface area contributed by atoms with Crippen molar-refractivity contribution in [1.82, 2.24) is 10.1 Å². The van der Waals surface area contributed by atoms with Crippen molar-refractivity contribution in [2.45, 2.75) is 31.4 Å². The Kier molecular flexibility index (Phi) is 3.22. The van der Waals surface area contributed by atoms with E-state index in [0.717, 1.165) is 12.8 Å².